The molecule has 110 valence electrons. The highest BCUT2D eigenvalue weighted by Gasteiger charge is 2.18. The molecule has 0 atom stereocenters. The lowest BCUT2D eigenvalue weighted by atomic mass is 9.88. The summed E-state index contributed by atoms with van der Waals surface area (Å²) in [6.07, 6.45) is 1.31. The van der Waals surface area contributed by atoms with Crippen molar-refractivity contribution in [3.05, 3.63) is 22.7 Å². The van der Waals surface area contributed by atoms with Crippen molar-refractivity contribution in [1.82, 2.24) is 0 Å². The van der Waals surface area contributed by atoms with Gasteiger partial charge in [0.25, 0.3) is 0 Å². The fourth-order valence-corrected chi connectivity index (χ4v) is 2.84. The number of nitrogens with one attached hydrogen (secondary N) is 1. The molecule has 0 saturated heterocycles. The van der Waals surface area contributed by atoms with Gasteiger partial charge in [0.1, 0.15) is 0 Å². The zero-order valence-corrected chi connectivity index (χ0v) is 13.9. The van der Waals surface area contributed by atoms with Gasteiger partial charge in [-0.2, -0.15) is 5.26 Å². The molecule has 5 nitrogen and oxygen atoms in total. The Labute approximate surface area is 128 Å². The number of halogens is 1. The van der Waals surface area contributed by atoms with Crippen molar-refractivity contribution >= 4 is 31.6 Å². The van der Waals surface area contributed by atoms with Crippen LogP contribution < -0.4 is 10.5 Å². The first-order valence-corrected chi connectivity index (χ1v) is 8.43. The first kappa shape index (κ1) is 17.0. The Morgan fingerprint density at radius 3 is 2.60 bits per heavy atom. The van der Waals surface area contributed by atoms with Crippen molar-refractivity contribution in [2.45, 2.75) is 31.6 Å². The number of nitrogens with zero attached hydrogens (tertiary/aromatic N) is 1. The lowest BCUT2D eigenvalue weighted by Gasteiger charge is -2.24. The van der Waals surface area contributed by atoms with Gasteiger partial charge in [-0.05, 0) is 46.0 Å². The minimum absolute atomic E-state index is 0.0201. The van der Waals surface area contributed by atoms with E-state index in [9.17, 15) is 8.42 Å². The minimum Gasteiger partial charge on any atom is -0.384 e. The molecule has 0 fully saturated rings. The molecular formula is C13H18BrN3O2S. The van der Waals surface area contributed by atoms with E-state index in [1.807, 2.05) is 0 Å². The first-order chi connectivity index (χ1) is 9.15. The summed E-state index contributed by atoms with van der Waals surface area (Å²) in [6, 6.07) is 6.75. The third kappa shape index (κ3) is 5.12. The van der Waals surface area contributed by atoms with Crippen molar-refractivity contribution in [3.8, 4) is 6.07 Å². The van der Waals surface area contributed by atoms with Gasteiger partial charge in [-0.3, -0.25) is 0 Å². The topological polar surface area (TPSA) is 96.0 Å². The normalized spacial score (nSPS) is 11.9. The lowest BCUT2D eigenvalue weighted by molar-refractivity contribution is 0.364. The van der Waals surface area contributed by atoms with Gasteiger partial charge in [-0.25, -0.2) is 13.6 Å². The van der Waals surface area contributed by atoms with Gasteiger partial charge >= 0.3 is 0 Å². The Hall–Kier alpha value is -1.10. The molecule has 0 spiro atoms. The summed E-state index contributed by atoms with van der Waals surface area (Å²) in [7, 11) is -3.69. The molecule has 20 heavy (non-hydrogen) atoms. The highest BCUT2D eigenvalue weighted by Crippen LogP contribution is 2.28. The Kier molecular flexibility index (Phi) is 5.57. The molecule has 0 unspecified atom stereocenters. The minimum atomic E-state index is -3.69. The van der Waals surface area contributed by atoms with Crippen LogP contribution in [0.3, 0.4) is 0 Å². The Bertz CT molecular complexity index is 621. The summed E-state index contributed by atoms with van der Waals surface area (Å²) in [5, 5.41) is 16.9. The van der Waals surface area contributed by atoms with E-state index in [2.05, 4.69) is 41.2 Å². The molecule has 1 rings (SSSR count). The molecule has 0 heterocycles. The molecule has 1 aromatic carbocycles. The summed E-state index contributed by atoms with van der Waals surface area (Å²) in [6.45, 7) is 4.83. The van der Waals surface area contributed by atoms with E-state index in [0.29, 0.717) is 17.4 Å². The van der Waals surface area contributed by atoms with E-state index in [4.69, 9.17) is 10.4 Å². The molecule has 1 aromatic rings. The number of nitrogens with two attached hydrogens (primary N) is 1. The molecule has 0 aliphatic heterocycles. The summed E-state index contributed by atoms with van der Waals surface area (Å²) in [5.41, 5.74) is 0.774. The third-order valence-corrected chi connectivity index (χ3v) is 4.51. The molecule has 3 N–H and O–H groups in total. The van der Waals surface area contributed by atoms with Crippen LogP contribution in [0.1, 0.15) is 26.7 Å². The molecule has 0 aromatic heterocycles. The van der Waals surface area contributed by atoms with Crippen molar-refractivity contribution in [2.75, 3.05) is 11.9 Å². The van der Waals surface area contributed by atoms with Crippen LogP contribution in [0.4, 0.5) is 5.69 Å². The number of primary sulfonamides is 1. The molecular weight excluding hydrogens is 342 g/mol. The van der Waals surface area contributed by atoms with Crippen LogP contribution in [0.15, 0.2) is 27.6 Å². The number of anilines is 1. The van der Waals surface area contributed by atoms with Gasteiger partial charge in [0.15, 0.2) is 0 Å². The first-order valence-electron chi connectivity index (χ1n) is 6.09. The van der Waals surface area contributed by atoms with Gasteiger partial charge in [0.05, 0.1) is 11.0 Å². The highest BCUT2D eigenvalue weighted by molar-refractivity contribution is 9.10. The standard InChI is InChI=1S/C13H18BrN3O2S/c1-13(2,6-3-7-15)9-17-12-5-4-10(8-11(12)14)20(16,18)19/h4-5,8,17H,3,6,9H2,1-2H3,(H2,16,18,19). The van der Waals surface area contributed by atoms with Gasteiger partial charge < -0.3 is 5.32 Å². The predicted molar refractivity (Wildman–Crippen MR) is 82.6 cm³/mol. The molecule has 0 aliphatic carbocycles. The maximum absolute atomic E-state index is 11.2. The number of hydrogen-bond acceptors (Lipinski definition) is 4. The average Bonchev–Trinajstić information content (AvgIpc) is 2.34. The van der Waals surface area contributed by atoms with E-state index in [0.717, 1.165) is 12.1 Å². The third-order valence-electron chi connectivity index (χ3n) is 2.94. The predicted octanol–water partition coefficient (Wildman–Crippen LogP) is 2.84. The van der Waals surface area contributed by atoms with Crippen molar-refractivity contribution in [1.29, 1.82) is 5.26 Å². The Morgan fingerprint density at radius 2 is 2.10 bits per heavy atom. The second-order valence-electron chi connectivity index (χ2n) is 5.36. The zero-order valence-electron chi connectivity index (χ0n) is 11.5. The largest absolute Gasteiger partial charge is 0.384 e. The number of benzene rings is 1. The molecule has 0 radical (unpaired) electrons. The molecule has 0 aliphatic rings. The Morgan fingerprint density at radius 1 is 1.45 bits per heavy atom. The van der Waals surface area contributed by atoms with E-state index in [-0.39, 0.29) is 10.3 Å². The number of nitriles is 1. The monoisotopic (exact) mass is 359 g/mol. The second-order valence-corrected chi connectivity index (χ2v) is 7.78. The SMILES string of the molecule is CC(C)(CCC#N)CNc1ccc(S(N)(=O)=O)cc1Br. The average molecular weight is 360 g/mol. The van der Waals surface area contributed by atoms with Crippen LogP contribution >= 0.6 is 15.9 Å². The summed E-state index contributed by atoms with van der Waals surface area (Å²) in [4.78, 5) is 0.0682. The summed E-state index contributed by atoms with van der Waals surface area (Å²) < 4.78 is 23.1. The van der Waals surface area contributed by atoms with E-state index in [1.165, 1.54) is 12.1 Å². The van der Waals surface area contributed by atoms with Crippen molar-refractivity contribution in [2.24, 2.45) is 10.6 Å². The maximum atomic E-state index is 11.2. The summed E-state index contributed by atoms with van der Waals surface area (Å²) in [5.74, 6) is 0. The second kappa shape index (κ2) is 6.57. The van der Waals surface area contributed by atoms with Crippen LogP contribution in [0.2, 0.25) is 0 Å². The fourth-order valence-electron chi connectivity index (χ4n) is 1.63. The van der Waals surface area contributed by atoms with E-state index >= 15 is 0 Å². The Balaban J connectivity index is 2.78. The number of hydrogen-bond donors (Lipinski definition) is 2. The quantitative estimate of drug-likeness (QED) is 0.815. The van der Waals surface area contributed by atoms with Crippen molar-refractivity contribution < 1.29 is 8.42 Å². The van der Waals surface area contributed by atoms with E-state index in [1.54, 1.807) is 6.07 Å². The van der Waals surface area contributed by atoms with Gasteiger partial charge in [-0.15, -0.1) is 0 Å². The van der Waals surface area contributed by atoms with Crippen LogP contribution in [-0.4, -0.2) is 15.0 Å². The lowest BCUT2D eigenvalue weighted by Crippen LogP contribution is -2.23. The van der Waals surface area contributed by atoms with Gasteiger partial charge in [-0.1, -0.05) is 13.8 Å². The van der Waals surface area contributed by atoms with Crippen LogP contribution in [0.5, 0.6) is 0 Å². The molecule has 0 bridgehead atoms. The van der Waals surface area contributed by atoms with Crippen molar-refractivity contribution in [3.63, 3.8) is 0 Å². The van der Waals surface area contributed by atoms with Gasteiger partial charge in [0.2, 0.25) is 10.0 Å². The number of rotatable bonds is 6. The van der Waals surface area contributed by atoms with E-state index < -0.39 is 10.0 Å². The number of sulfonamides is 1. The molecule has 7 heteroatoms. The summed E-state index contributed by atoms with van der Waals surface area (Å²) >= 11 is 3.33. The van der Waals surface area contributed by atoms with Crippen LogP contribution in [0, 0.1) is 16.7 Å². The fraction of sp³-hybridized carbons (Fsp3) is 0.462. The van der Waals surface area contributed by atoms with Crippen LogP contribution in [0.25, 0.3) is 0 Å². The smallest absolute Gasteiger partial charge is 0.238 e. The molecule has 0 amide bonds. The zero-order chi connectivity index (χ0) is 15.4. The highest BCUT2D eigenvalue weighted by atomic mass is 79.9. The molecule has 0 saturated carbocycles. The maximum Gasteiger partial charge on any atom is 0.238 e. The van der Waals surface area contributed by atoms with Crippen LogP contribution in [-0.2, 0) is 10.0 Å². The van der Waals surface area contributed by atoms with Gasteiger partial charge in [0, 0.05) is 23.1 Å².